The van der Waals surface area contributed by atoms with Gasteiger partial charge in [0.2, 0.25) is 0 Å². The summed E-state index contributed by atoms with van der Waals surface area (Å²) in [4.78, 5) is 2.25. The minimum atomic E-state index is 0.0793. The molecule has 90 valence electrons. The third-order valence-electron chi connectivity index (χ3n) is 2.93. The lowest BCUT2D eigenvalue weighted by Gasteiger charge is -2.23. The molecule has 0 aliphatic rings. The van der Waals surface area contributed by atoms with Gasteiger partial charge in [0.05, 0.1) is 6.61 Å². The molecular weight excluding hydrogens is 266 g/mol. The smallest absolute Gasteiger partial charge is 0.0692 e. The molecule has 0 aromatic heterocycles. The monoisotopic (exact) mass is 285 g/mol. The molecule has 2 nitrogen and oxygen atoms in total. The molecule has 0 heterocycles. The van der Waals surface area contributed by atoms with Gasteiger partial charge in [-0.05, 0) is 23.6 Å². The highest BCUT2D eigenvalue weighted by atomic mass is 79.9. The number of halogens is 1. The average Bonchev–Trinajstić information content (AvgIpc) is 2.28. The summed E-state index contributed by atoms with van der Waals surface area (Å²) < 4.78 is 0.975. The maximum Gasteiger partial charge on any atom is 0.0692 e. The van der Waals surface area contributed by atoms with Gasteiger partial charge < -0.3 is 10.0 Å². The van der Waals surface area contributed by atoms with E-state index in [0.717, 1.165) is 16.6 Å². The molecule has 0 spiro atoms. The van der Waals surface area contributed by atoms with Crippen LogP contribution in [0.3, 0.4) is 0 Å². The van der Waals surface area contributed by atoms with Crippen LogP contribution in [0.1, 0.15) is 25.8 Å². The zero-order valence-corrected chi connectivity index (χ0v) is 11.8. The summed E-state index contributed by atoms with van der Waals surface area (Å²) >= 11 is 3.47. The Morgan fingerprint density at radius 1 is 1.44 bits per heavy atom. The van der Waals surface area contributed by atoms with Gasteiger partial charge in [-0.25, -0.2) is 0 Å². The molecule has 1 rings (SSSR count). The van der Waals surface area contributed by atoms with E-state index < -0.39 is 0 Å². The first-order chi connectivity index (χ1) is 7.58. The van der Waals surface area contributed by atoms with Crippen molar-refractivity contribution in [3.63, 3.8) is 0 Å². The van der Waals surface area contributed by atoms with Crippen LogP contribution < -0.4 is 4.90 Å². The molecular formula is C13H20BrNO. The fraction of sp³-hybridized carbons (Fsp3) is 0.538. The van der Waals surface area contributed by atoms with Crippen molar-refractivity contribution in [3.05, 3.63) is 28.2 Å². The van der Waals surface area contributed by atoms with E-state index in [1.54, 1.807) is 0 Å². The molecule has 0 amide bonds. The van der Waals surface area contributed by atoms with E-state index >= 15 is 0 Å². The van der Waals surface area contributed by atoms with Gasteiger partial charge in [0.15, 0.2) is 0 Å². The van der Waals surface area contributed by atoms with Crippen LogP contribution in [-0.2, 0) is 6.61 Å². The van der Waals surface area contributed by atoms with E-state index in [1.807, 2.05) is 6.07 Å². The Morgan fingerprint density at radius 2 is 2.12 bits per heavy atom. The summed E-state index contributed by atoms with van der Waals surface area (Å²) in [5.41, 5.74) is 2.12. The van der Waals surface area contributed by atoms with Crippen LogP contribution in [0.5, 0.6) is 0 Å². The number of hydrogen-bond donors (Lipinski definition) is 1. The van der Waals surface area contributed by atoms with Crippen LogP contribution in [-0.4, -0.2) is 18.7 Å². The minimum absolute atomic E-state index is 0.0793. The molecule has 0 saturated heterocycles. The van der Waals surface area contributed by atoms with Crippen molar-refractivity contribution in [2.75, 3.05) is 18.5 Å². The summed E-state index contributed by atoms with van der Waals surface area (Å²) in [6.45, 7) is 5.61. The van der Waals surface area contributed by atoms with Crippen molar-refractivity contribution < 1.29 is 5.11 Å². The lowest BCUT2D eigenvalue weighted by atomic mass is 10.1. The number of aliphatic hydroxyl groups excluding tert-OH is 1. The van der Waals surface area contributed by atoms with Gasteiger partial charge in [0.25, 0.3) is 0 Å². The molecule has 1 unspecified atom stereocenters. The Kier molecular flexibility index (Phi) is 5.29. The van der Waals surface area contributed by atoms with Crippen LogP contribution in [0, 0.1) is 5.92 Å². The molecule has 0 fully saturated rings. The van der Waals surface area contributed by atoms with Crippen molar-refractivity contribution in [1.29, 1.82) is 0 Å². The number of benzene rings is 1. The van der Waals surface area contributed by atoms with E-state index in [9.17, 15) is 0 Å². The minimum Gasteiger partial charge on any atom is -0.392 e. The first-order valence-corrected chi connectivity index (χ1v) is 6.48. The SMILES string of the molecule is CCC(C)CN(C)c1ccc(CO)c(Br)c1. The normalized spacial score (nSPS) is 12.6. The lowest BCUT2D eigenvalue weighted by molar-refractivity contribution is 0.281. The first-order valence-electron chi connectivity index (χ1n) is 5.68. The zero-order chi connectivity index (χ0) is 12.1. The molecule has 1 aromatic rings. The standard InChI is InChI=1S/C13H20BrNO/c1-4-10(2)8-15(3)12-6-5-11(9-16)13(14)7-12/h5-7,10,16H,4,8-9H2,1-3H3. The molecule has 0 saturated carbocycles. The van der Waals surface area contributed by atoms with Gasteiger partial charge in [0, 0.05) is 23.8 Å². The molecule has 0 aliphatic carbocycles. The van der Waals surface area contributed by atoms with Crippen LogP contribution in [0.2, 0.25) is 0 Å². The Bertz CT molecular complexity index is 341. The number of aliphatic hydroxyl groups is 1. The fourth-order valence-corrected chi connectivity index (χ4v) is 2.10. The quantitative estimate of drug-likeness (QED) is 0.896. The van der Waals surface area contributed by atoms with Crippen molar-refractivity contribution in [3.8, 4) is 0 Å². The maximum absolute atomic E-state index is 9.09. The topological polar surface area (TPSA) is 23.5 Å². The maximum atomic E-state index is 9.09. The Balaban J connectivity index is 2.76. The zero-order valence-electron chi connectivity index (χ0n) is 10.2. The highest BCUT2D eigenvalue weighted by Gasteiger charge is 2.07. The molecule has 16 heavy (non-hydrogen) atoms. The average molecular weight is 286 g/mol. The molecule has 1 aromatic carbocycles. The second-order valence-corrected chi connectivity index (χ2v) is 5.18. The summed E-state index contributed by atoms with van der Waals surface area (Å²) in [6.07, 6.45) is 1.19. The van der Waals surface area contributed by atoms with Crippen LogP contribution in [0.15, 0.2) is 22.7 Å². The van der Waals surface area contributed by atoms with E-state index in [0.29, 0.717) is 5.92 Å². The number of rotatable bonds is 5. The molecule has 0 radical (unpaired) electrons. The van der Waals surface area contributed by atoms with Gasteiger partial charge in [-0.2, -0.15) is 0 Å². The van der Waals surface area contributed by atoms with Crippen molar-refractivity contribution >= 4 is 21.6 Å². The van der Waals surface area contributed by atoms with Crippen LogP contribution in [0.25, 0.3) is 0 Å². The lowest BCUT2D eigenvalue weighted by Crippen LogP contribution is -2.23. The van der Waals surface area contributed by atoms with E-state index in [-0.39, 0.29) is 6.61 Å². The third-order valence-corrected chi connectivity index (χ3v) is 3.67. The highest BCUT2D eigenvalue weighted by molar-refractivity contribution is 9.10. The summed E-state index contributed by atoms with van der Waals surface area (Å²) in [5.74, 6) is 0.696. The Labute approximate surface area is 106 Å². The van der Waals surface area contributed by atoms with E-state index in [4.69, 9.17) is 5.11 Å². The van der Waals surface area contributed by atoms with Gasteiger partial charge in [0.1, 0.15) is 0 Å². The summed E-state index contributed by atoms with van der Waals surface area (Å²) in [7, 11) is 2.10. The second kappa shape index (κ2) is 6.26. The fourth-order valence-electron chi connectivity index (χ4n) is 1.60. The molecule has 3 heteroatoms. The second-order valence-electron chi connectivity index (χ2n) is 4.33. The van der Waals surface area contributed by atoms with E-state index in [2.05, 4.69) is 53.9 Å². The number of anilines is 1. The first kappa shape index (κ1) is 13.5. The molecule has 1 atom stereocenters. The van der Waals surface area contributed by atoms with Gasteiger partial charge in [-0.15, -0.1) is 0 Å². The Morgan fingerprint density at radius 3 is 2.62 bits per heavy atom. The molecule has 1 N–H and O–H groups in total. The van der Waals surface area contributed by atoms with Crippen molar-refractivity contribution in [1.82, 2.24) is 0 Å². The van der Waals surface area contributed by atoms with Gasteiger partial charge in [-0.3, -0.25) is 0 Å². The van der Waals surface area contributed by atoms with E-state index in [1.165, 1.54) is 12.1 Å². The third kappa shape index (κ3) is 3.49. The number of hydrogen-bond acceptors (Lipinski definition) is 2. The van der Waals surface area contributed by atoms with Gasteiger partial charge >= 0.3 is 0 Å². The summed E-state index contributed by atoms with van der Waals surface area (Å²) in [5, 5.41) is 9.09. The van der Waals surface area contributed by atoms with Gasteiger partial charge in [-0.1, -0.05) is 42.3 Å². The largest absolute Gasteiger partial charge is 0.392 e. The highest BCUT2D eigenvalue weighted by Crippen LogP contribution is 2.24. The summed E-state index contributed by atoms with van der Waals surface area (Å²) in [6, 6.07) is 6.08. The number of nitrogens with zero attached hydrogens (tertiary/aromatic N) is 1. The Hall–Kier alpha value is -0.540. The van der Waals surface area contributed by atoms with Crippen molar-refractivity contribution in [2.45, 2.75) is 26.9 Å². The predicted octanol–water partition coefficient (Wildman–Crippen LogP) is 3.42. The van der Waals surface area contributed by atoms with Crippen LogP contribution >= 0.6 is 15.9 Å². The van der Waals surface area contributed by atoms with Crippen molar-refractivity contribution in [2.24, 2.45) is 5.92 Å². The molecule has 0 bridgehead atoms. The molecule has 0 aliphatic heterocycles. The van der Waals surface area contributed by atoms with Crippen LogP contribution in [0.4, 0.5) is 5.69 Å². The predicted molar refractivity (Wildman–Crippen MR) is 72.8 cm³/mol.